The number of nitrogens with zero attached hydrogens (tertiary/aromatic N) is 3. The molecule has 2 aromatic heterocycles. The lowest BCUT2D eigenvalue weighted by Crippen LogP contribution is -2.28. The van der Waals surface area contributed by atoms with Crippen molar-refractivity contribution in [1.82, 2.24) is 20.0 Å². The summed E-state index contributed by atoms with van der Waals surface area (Å²) in [6, 6.07) is 1.81. The number of carbonyl (C=O) groups is 1. The predicted octanol–water partition coefficient (Wildman–Crippen LogP) is 0.514. The number of methoxy groups -OCH3 is 1. The molecule has 0 atom stereocenters. The van der Waals surface area contributed by atoms with E-state index in [0.717, 1.165) is 10.4 Å². The molecule has 2 rings (SSSR count). The number of carbonyl (C=O) groups excluding carboxylic acids is 1. The SMILES string of the molecule is COC(=O)Cn1ncc(NCc2ccn[nH]2)c(Br)c1=O. The fourth-order valence-corrected chi connectivity index (χ4v) is 1.91. The van der Waals surface area contributed by atoms with Crippen LogP contribution >= 0.6 is 15.9 Å². The molecule has 8 nitrogen and oxygen atoms in total. The Balaban J connectivity index is 2.14. The van der Waals surface area contributed by atoms with Crippen LogP contribution in [0.2, 0.25) is 0 Å². The number of hydrogen-bond donors (Lipinski definition) is 2. The third-order valence-electron chi connectivity index (χ3n) is 2.52. The zero-order valence-electron chi connectivity index (χ0n) is 10.6. The summed E-state index contributed by atoms with van der Waals surface area (Å²) in [6.45, 7) is 0.246. The van der Waals surface area contributed by atoms with E-state index in [1.165, 1.54) is 13.3 Å². The second-order valence-electron chi connectivity index (χ2n) is 3.85. The van der Waals surface area contributed by atoms with Gasteiger partial charge in [-0.2, -0.15) is 10.2 Å². The first-order valence-corrected chi connectivity index (χ1v) is 6.45. The normalized spacial score (nSPS) is 10.3. The van der Waals surface area contributed by atoms with Crippen LogP contribution in [0.3, 0.4) is 0 Å². The molecular weight excluding hydrogens is 330 g/mol. The van der Waals surface area contributed by atoms with Crippen LogP contribution in [0.5, 0.6) is 0 Å². The highest BCUT2D eigenvalue weighted by Gasteiger charge is 2.11. The van der Waals surface area contributed by atoms with Crippen molar-refractivity contribution in [1.29, 1.82) is 0 Å². The number of anilines is 1. The Hall–Kier alpha value is -2.16. The van der Waals surface area contributed by atoms with Crippen LogP contribution < -0.4 is 10.9 Å². The van der Waals surface area contributed by atoms with Crippen molar-refractivity contribution in [3.8, 4) is 0 Å². The van der Waals surface area contributed by atoms with E-state index in [0.29, 0.717) is 16.7 Å². The van der Waals surface area contributed by atoms with Crippen LogP contribution in [0.1, 0.15) is 5.69 Å². The van der Waals surface area contributed by atoms with Gasteiger partial charge < -0.3 is 10.1 Å². The van der Waals surface area contributed by atoms with Gasteiger partial charge in [0, 0.05) is 6.20 Å². The summed E-state index contributed by atoms with van der Waals surface area (Å²) in [4.78, 5) is 23.1. The van der Waals surface area contributed by atoms with Crippen LogP contribution in [0.4, 0.5) is 5.69 Å². The maximum Gasteiger partial charge on any atom is 0.327 e. The van der Waals surface area contributed by atoms with Gasteiger partial charge in [-0.15, -0.1) is 0 Å². The summed E-state index contributed by atoms with van der Waals surface area (Å²) in [7, 11) is 1.25. The smallest absolute Gasteiger partial charge is 0.327 e. The number of rotatable bonds is 5. The number of ether oxygens (including phenoxy) is 1. The van der Waals surface area contributed by atoms with Crippen molar-refractivity contribution in [3.63, 3.8) is 0 Å². The number of aromatic nitrogens is 4. The first kappa shape index (κ1) is 14.3. The quantitative estimate of drug-likeness (QED) is 0.768. The monoisotopic (exact) mass is 341 g/mol. The van der Waals surface area contributed by atoms with Crippen molar-refractivity contribution in [2.24, 2.45) is 0 Å². The molecule has 0 fully saturated rings. The number of nitrogens with one attached hydrogen (secondary N) is 2. The molecule has 0 aliphatic rings. The molecule has 0 aliphatic carbocycles. The van der Waals surface area contributed by atoms with Crippen molar-refractivity contribution in [2.45, 2.75) is 13.1 Å². The Morgan fingerprint density at radius 2 is 2.40 bits per heavy atom. The molecule has 0 aromatic carbocycles. The second-order valence-corrected chi connectivity index (χ2v) is 4.64. The standard InChI is InChI=1S/C11H12BrN5O3/c1-20-9(18)6-17-11(19)10(12)8(5-15-17)13-4-7-2-3-14-16-7/h2-3,5,13H,4,6H2,1H3,(H,14,16). The van der Waals surface area contributed by atoms with Gasteiger partial charge in [0.25, 0.3) is 5.56 Å². The van der Waals surface area contributed by atoms with Crippen LogP contribution in [0.25, 0.3) is 0 Å². The second kappa shape index (κ2) is 6.33. The van der Waals surface area contributed by atoms with Crippen LogP contribution in [0, 0.1) is 0 Å². The molecule has 0 aliphatic heterocycles. The van der Waals surface area contributed by atoms with E-state index in [1.54, 1.807) is 6.20 Å². The van der Waals surface area contributed by atoms with Crippen molar-refractivity contribution in [3.05, 3.63) is 39.0 Å². The van der Waals surface area contributed by atoms with Crippen molar-refractivity contribution in [2.75, 3.05) is 12.4 Å². The van der Waals surface area contributed by atoms with Gasteiger partial charge in [0.1, 0.15) is 11.0 Å². The fourth-order valence-electron chi connectivity index (χ4n) is 1.46. The number of aromatic amines is 1. The van der Waals surface area contributed by atoms with Crippen LogP contribution in [-0.2, 0) is 22.6 Å². The van der Waals surface area contributed by atoms with Gasteiger partial charge in [0.2, 0.25) is 0 Å². The molecular formula is C11H12BrN5O3. The van der Waals surface area contributed by atoms with E-state index in [9.17, 15) is 9.59 Å². The Bertz CT molecular complexity index is 653. The lowest BCUT2D eigenvalue weighted by molar-refractivity contribution is -0.141. The first-order chi connectivity index (χ1) is 9.61. The van der Waals surface area contributed by atoms with Gasteiger partial charge in [-0.05, 0) is 22.0 Å². The van der Waals surface area contributed by atoms with Gasteiger partial charge in [0.05, 0.1) is 31.2 Å². The Labute approximate surface area is 122 Å². The van der Waals surface area contributed by atoms with Gasteiger partial charge in [-0.3, -0.25) is 14.7 Å². The Morgan fingerprint density at radius 3 is 3.05 bits per heavy atom. The highest BCUT2D eigenvalue weighted by molar-refractivity contribution is 9.10. The predicted molar refractivity (Wildman–Crippen MR) is 74.1 cm³/mol. The van der Waals surface area contributed by atoms with Crippen LogP contribution in [0.15, 0.2) is 27.7 Å². The average molecular weight is 342 g/mol. The minimum Gasteiger partial charge on any atom is -0.468 e. The van der Waals surface area contributed by atoms with E-state index in [2.05, 4.69) is 41.3 Å². The average Bonchev–Trinajstić information content (AvgIpc) is 2.96. The van der Waals surface area contributed by atoms with Gasteiger partial charge in [-0.1, -0.05) is 0 Å². The van der Waals surface area contributed by atoms with Crippen molar-refractivity contribution >= 4 is 27.6 Å². The summed E-state index contributed by atoms with van der Waals surface area (Å²) in [5, 5.41) is 13.6. The lowest BCUT2D eigenvalue weighted by atomic mass is 10.4. The third kappa shape index (κ3) is 3.23. The molecule has 2 aromatic rings. The van der Waals surface area contributed by atoms with Gasteiger partial charge in [0.15, 0.2) is 0 Å². The first-order valence-electron chi connectivity index (χ1n) is 5.66. The summed E-state index contributed by atoms with van der Waals surface area (Å²) in [5.41, 5.74) is 0.992. The maximum absolute atomic E-state index is 12.0. The number of H-pyrrole nitrogens is 1. The molecule has 20 heavy (non-hydrogen) atoms. The molecule has 0 unspecified atom stereocenters. The minimum atomic E-state index is -0.537. The molecule has 0 saturated carbocycles. The molecule has 106 valence electrons. The zero-order valence-corrected chi connectivity index (χ0v) is 12.2. The fraction of sp³-hybridized carbons (Fsp3) is 0.273. The molecule has 9 heteroatoms. The highest BCUT2D eigenvalue weighted by atomic mass is 79.9. The number of halogens is 1. The molecule has 0 radical (unpaired) electrons. The topological polar surface area (TPSA) is 102 Å². The van der Waals surface area contributed by atoms with E-state index >= 15 is 0 Å². The number of hydrogen-bond acceptors (Lipinski definition) is 6. The van der Waals surface area contributed by atoms with E-state index in [1.807, 2.05) is 6.07 Å². The Morgan fingerprint density at radius 1 is 1.60 bits per heavy atom. The van der Waals surface area contributed by atoms with Gasteiger partial charge in [-0.25, -0.2) is 4.68 Å². The van der Waals surface area contributed by atoms with E-state index in [-0.39, 0.29) is 6.54 Å². The molecule has 0 bridgehead atoms. The number of esters is 1. The van der Waals surface area contributed by atoms with Gasteiger partial charge >= 0.3 is 5.97 Å². The zero-order chi connectivity index (χ0) is 14.5. The van der Waals surface area contributed by atoms with Crippen LogP contribution in [-0.4, -0.2) is 33.1 Å². The van der Waals surface area contributed by atoms with Crippen molar-refractivity contribution < 1.29 is 9.53 Å². The molecule has 0 saturated heterocycles. The molecule has 2 N–H and O–H groups in total. The van der Waals surface area contributed by atoms with E-state index < -0.39 is 11.5 Å². The lowest BCUT2D eigenvalue weighted by Gasteiger charge is -2.09. The Kier molecular flexibility index (Phi) is 4.51. The minimum absolute atomic E-state index is 0.227. The summed E-state index contributed by atoms with van der Waals surface area (Å²) in [5.74, 6) is -0.537. The molecule has 2 heterocycles. The summed E-state index contributed by atoms with van der Waals surface area (Å²) >= 11 is 3.19. The largest absolute Gasteiger partial charge is 0.468 e. The molecule has 0 spiro atoms. The highest BCUT2D eigenvalue weighted by Crippen LogP contribution is 2.16. The molecule has 0 amide bonds. The van der Waals surface area contributed by atoms with E-state index in [4.69, 9.17) is 0 Å². The summed E-state index contributed by atoms with van der Waals surface area (Å²) in [6.07, 6.45) is 3.10. The summed E-state index contributed by atoms with van der Waals surface area (Å²) < 4.78 is 5.82. The third-order valence-corrected chi connectivity index (χ3v) is 3.29. The maximum atomic E-state index is 12.0.